The molecule has 4 nitrogen and oxygen atoms in total. The molecule has 0 aliphatic carbocycles. The second-order valence-corrected chi connectivity index (χ2v) is 3.73. The first-order valence-corrected chi connectivity index (χ1v) is 4.92. The van der Waals surface area contributed by atoms with Crippen LogP contribution in [0.1, 0.15) is 22.3 Å². The molecule has 1 N–H and O–H groups in total. The van der Waals surface area contributed by atoms with Gasteiger partial charge in [-0.15, -0.1) is 0 Å². The van der Waals surface area contributed by atoms with Gasteiger partial charge in [0.2, 0.25) is 0 Å². The zero-order valence-corrected chi connectivity index (χ0v) is 9.67. The second kappa shape index (κ2) is 4.99. The molecule has 1 rings (SSSR count). The van der Waals surface area contributed by atoms with Crippen molar-refractivity contribution in [3.63, 3.8) is 0 Å². The van der Waals surface area contributed by atoms with Crippen molar-refractivity contribution in [2.75, 3.05) is 7.11 Å². The van der Waals surface area contributed by atoms with Crippen molar-refractivity contribution < 1.29 is 19.4 Å². The normalized spacial score (nSPS) is 9.94. The number of Topliss-reactive ketones (excluding diaryl/α,β-unsaturated/α-hetero) is 1. The quantitative estimate of drug-likeness (QED) is 0.650. The largest absolute Gasteiger partial charge is 0.496 e. The smallest absolute Gasteiger partial charge is 0.311 e. The number of ether oxygens (including phenoxy) is 1. The average Bonchev–Trinajstić information content (AvgIpc) is 2.15. The van der Waals surface area contributed by atoms with Crippen LogP contribution in [0.5, 0.6) is 5.75 Å². The minimum absolute atomic E-state index is 0.204. The topological polar surface area (TPSA) is 63.6 Å². The Labute approximate surface area is 97.8 Å². The number of ketones is 1. The molecule has 0 aliphatic rings. The van der Waals surface area contributed by atoms with Crippen LogP contribution in [0.15, 0.2) is 12.1 Å². The lowest BCUT2D eigenvalue weighted by atomic mass is 10.0. The Morgan fingerprint density at radius 3 is 2.56 bits per heavy atom. The van der Waals surface area contributed by atoms with E-state index in [1.54, 1.807) is 13.0 Å². The van der Waals surface area contributed by atoms with E-state index in [1.807, 2.05) is 0 Å². The Morgan fingerprint density at radius 1 is 1.44 bits per heavy atom. The molecular formula is C11H11ClO4. The molecule has 0 amide bonds. The molecule has 0 radical (unpaired) electrons. The van der Waals surface area contributed by atoms with Crippen LogP contribution in [0.2, 0.25) is 5.02 Å². The van der Waals surface area contributed by atoms with Crippen molar-refractivity contribution >= 4 is 23.4 Å². The monoisotopic (exact) mass is 242 g/mol. The molecule has 0 aliphatic heterocycles. The fourth-order valence-corrected chi connectivity index (χ4v) is 1.71. The highest BCUT2D eigenvalue weighted by molar-refractivity contribution is 6.31. The first kappa shape index (κ1) is 12.5. The third-order valence-corrected chi connectivity index (χ3v) is 2.27. The molecule has 1 aromatic rings. The average molecular weight is 243 g/mol. The number of carboxylic acid groups (broad SMARTS) is 1. The summed E-state index contributed by atoms with van der Waals surface area (Å²) in [4.78, 5) is 22.1. The van der Waals surface area contributed by atoms with Crippen LogP contribution in [-0.4, -0.2) is 24.0 Å². The third-order valence-electron chi connectivity index (χ3n) is 2.06. The molecule has 16 heavy (non-hydrogen) atoms. The van der Waals surface area contributed by atoms with E-state index in [-0.39, 0.29) is 5.56 Å². The van der Waals surface area contributed by atoms with Gasteiger partial charge < -0.3 is 9.84 Å². The Kier molecular flexibility index (Phi) is 3.90. The van der Waals surface area contributed by atoms with E-state index >= 15 is 0 Å². The predicted octanol–water partition coefficient (Wildman–Crippen LogP) is 2.31. The van der Waals surface area contributed by atoms with E-state index in [4.69, 9.17) is 21.4 Å². The molecular weight excluding hydrogens is 232 g/mol. The Bertz CT molecular complexity index is 440. The minimum atomic E-state index is -1.18. The Hall–Kier alpha value is -1.55. The number of carbonyl (C=O) groups excluding carboxylic acids is 1. The molecule has 0 fully saturated rings. The van der Waals surface area contributed by atoms with Crippen LogP contribution in [0.4, 0.5) is 0 Å². The molecule has 0 atom stereocenters. The van der Waals surface area contributed by atoms with Crippen molar-refractivity contribution in [1.82, 2.24) is 0 Å². The number of aliphatic carboxylic acids is 1. The highest BCUT2D eigenvalue weighted by atomic mass is 35.5. The number of hydrogen-bond donors (Lipinski definition) is 1. The van der Waals surface area contributed by atoms with E-state index in [0.717, 1.165) is 0 Å². The summed E-state index contributed by atoms with van der Waals surface area (Å²) in [6.07, 6.45) is -0.573. The zero-order chi connectivity index (χ0) is 12.3. The molecule has 0 saturated heterocycles. The van der Waals surface area contributed by atoms with Crippen LogP contribution in [0.25, 0.3) is 0 Å². The molecule has 1 aromatic carbocycles. The maximum absolute atomic E-state index is 11.6. The summed E-state index contributed by atoms with van der Waals surface area (Å²) < 4.78 is 5.06. The van der Waals surface area contributed by atoms with Gasteiger partial charge in [0.1, 0.15) is 12.2 Å². The highest BCUT2D eigenvalue weighted by Gasteiger charge is 2.17. The maximum Gasteiger partial charge on any atom is 0.311 e. The van der Waals surface area contributed by atoms with Crippen molar-refractivity contribution in [3.05, 3.63) is 28.3 Å². The van der Waals surface area contributed by atoms with Crippen LogP contribution in [0, 0.1) is 6.92 Å². The van der Waals surface area contributed by atoms with E-state index in [0.29, 0.717) is 16.3 Å². The predicted molar refractivity (Wildman–Crippen MR) is 59.3 cm³/mol. The van der Waals surface area contributed by atoms with E-state index in [2.05, 4.69) is 0 Å². The number of methoxy groups -OCH3 is 1. The number of aryl methyl sites for hydroxylation is 1. The number of carboxylic acids is 1. The first-order valence-electron chi connectivity index (χ1n) is 4.55. The van der Waals surface area contributed by atoms with E-state index in [9.17, 15) is 9.59 Å². The van der Waals surface area contributed by atoms with Gasteiger partial charge in [-0.3, -0.25) is 9.59 Å². The van der Waals surface area contributed by atoms with Gasteiger partial charge in [-0.1, -0.05) is 11.6 Å². The van der Waals surface area contributed by atoms with Gasteiger partial charge >= 0.3 is 5.97 Å². The van der Waals surface area contributed by atoms with Crippen LogP contribution < -0.4 is 4.74 Å². The second-order valence-electron chi connectivity index (χ2n) is 3.30. The summed E-state index contributed by atoms with van der Waals surface area (Å²) in [5.74, 6) is -1.32. The van der Waals surface area contributed by atoms with Gasteiger partial charge in [-0.25, -0.2) is 0 Å². The van der Waals surface area contributed by atoms with Crippen LogP contribution >= 0.6 is 11.6 Å². The van der Waals surface area contributed by atoms with Gasteiger partial charge in [0, 0.05) is 5.02 Å². The first-order chi connectivity index (χ1) is 7.45. The van der Waals surface area contributed by atoms with E-state index in [1.165, 1.54) is 13.2 Å². The maximum atomic E-state index is 11.6. The van der Waals surface area contributed by atoms with Gasteiger partial charge in [0.25, 0.3) is 0 Å². The van der Waals surface area contributed by atoms with Gasteiger partial charge in [0.05, 0.1) is 12.7 Å². The molecule has 0 saturated carbocycles. The van der Waals surface area contributed by atoms with Gasteiger partial charge in [0.15, 0.2) is 5.78 Å². The number of carbonyl (C=O) groups is 2. The summed E-state index contributed by atoms with van der Waals surface area (Å²) in [6, 6.07) is 3.07. The lowest BCUT2D eigenvalue weighted by molar-refractivity contribution is -0.135. The number of rotatable bonds is 4. The van der Waals surface area contributed by atoms with Crippen molar-refractivity contribution in [3.8, 4) is 5.75 Å². The standard InChI is InChI=1S/C11H11ClO4/c1-6-3-7(12)4-8(11(6)16-2)9(13)5-10(14)15/h3-4H,5H2,1-2H3,(H,14,15). The van der Waals surface area contributed by atoms with Crippen LogP contribution in [-0.2, 0) is 4.79 Å². The third kappa shape index (κ3) is 2.73. The van der Waals surface area contributed by atoms with Crippen molar-refractivity contribution in [2.45, 2.75) is 13.3 Å². The van der Waals surface area contributed by atoms with Gasteiger partial charge in [-0.05, 0) is 24.6 Å². The fraction of sp³-hybridized carbons (Fsp3) is 0.273. The van der Waals surface area contributed by atoms with Crippen molar-refractivity contribution in [2.24, 2.45) is 0 Å². The molecule has 0 bridgehead atoms. The fourth-order valence-electron chi connectivity index (χ4n) is 1.44. The molecule has 0 aromatic heterocycles. The summed E-state index contributed by atoms with van der Waals surface area (Å²) in [7, 11) is 1.42. The number of benzene rings is 1. The summed E-state index contributed by atoms with van der Waals surface area (Å²) in [6.45, 7) is 1.74. The highest BCUT2D eigenvalue weighted by Crippen LogP contribution is 2.28. The molecule has 86 valence electrons. The summed E-state index contributed by atoms with van der Waals surface area (Å²) >= 11 is 5.80. The Balaban J connectivity index is 3.20. The minimum Gasteiger partial charge on any atom is -0.496 e. The Morgan fingerprint density at radius 2 is 2.06 bits per heavy atom. The lowest BCUT2D eigenvalue weighted by Gasteiger charge is -2.10. The summed E-state index contributed by atoms with van der Waals surface area (Å²) in [5, 5.41) is 8.93. The van der Waals surface area contributed by atoms with Crippen LogP contribution in [0.3, 0.4) is 0 Å². The van der Waals surface area contributed by atoms with Gasteiger partial charge in [-0.2, -0.15) is 0 Å². The molecule has 0 unspecified atom stereocenters. The summed E-state index contributed by atoms with van der Waals surface area (Å²) in [5.41, 5.74) is 0.902. The van der Waals surface area contributed by atoms with Crippen molar-refractivity contribution in [1.29, 1.82) is 0 Å². The van der Waals surface area contributed by atoms with E-state index < -0.39 is 18.2 Å². The molecule has 0 heterocycles. The molecule has 5 heteroatoms. The number of halogens is 1. The molecule has 0 spiro atoms. The zero-order valence-electron chi connectivity index (χ0n) is 8.91. The SMILES string of the molecule is COc1c(C)cc(Cl)cc1C(=O)CC(=O)O. The number of hydrogen-bond acceptors (Lipinski definition) is 3. The lowest BCUT2D eigenvalue weighted by Crippen LogP contribution is -2.09.